The zero-order chi connectivity index (χ0) is 31.7. The zero-order valence-corrected chi connectivity index (χ0v) is 27.3. The molecule has 1 atom stereocenters. The molecule has 0 fully saturated rings. The fourth-order valence-corrected chi connectivity index (χ4v) is 6.41. The molecular weight excluding hydrogens is 564 g/mol. The highest BCUT2D eigenvalue weighted by Gasteiger charge is 2.49. The monoisotopic (exact) mass is 614 g/mol. The lowest BCUT2D eigenvalue weighted by Gasteiger charge is -2.44. The molecular formula is C34H50N2O6S. The minimum Gasteiger partial charge on any atom is -0.491 e. The molecule has 0 amide bonds. The predicted molar refractivity (Wildman–Crippen MR) is 173 cm³/mol. The van der Waals surface area contributed by atoms with Gasteiger partial charge < -0.3 is 25.7 Å². The van der Waals surface area contributed by atoms with Crippen LogP contribution in [0.5, 0.6) is 5.75 Å². The van der Waals surface area contributed by atoms with E-state index in [1.807, 2.05) is 32.9 Å². The maximum absolute atomic E-state index is 12.9. The van der Waals surface area contributed by atoms with E-state index in [9.17, 15) is 13.2 Å². The number of hydrogen-bond acceptors (Lipinski definition) is 8. The standard InChI is InChI=1S/C34H50N2O6S/c1-6-34(36,25-32(2,3)35)33(4,5)31(37)42-20-22-43(38,39)21-19-40-17-18-41-30-16-15-29-23-27(13-10-14-28(29)24-30)26-11-8-7-9-12-26/h7-9,11-12,15-16,23-24H,6,10,13-14,17-22,25,35-36H2,1-5H3. The summed E-state index contributed by atoms with van der Waals surface area (Å²) in [7, 11) is -3.47. The summed E-state index contributed by atoms with van der Waals surface area (Å²) in [5, 5.41) is 0. The van der Waals surface area contributed by atoms with Gasteiger partial charge in [0.1, 0.15) is 19.0 Å². The fraction of sp³-hybridized carbons (Fsp3) is 0.559. The number of aryl methyl sites for hydroxylation is 1. The average Bonchev–Trinajstić information content (AvgIpc) is 3.16. The van der Waals surface area contributed by atoms with Crippen molar-refractivity contribution < 1.29 is 27.4 Å². The lowest BCUT2D eigenvalue weighted by Crippen LogP contribution is -2.60. The number of hydrogen-bond donors (Lipinski definition) is 2. The minimum atomic E-state index is -3.47. The molecule has 1 aliphatic carbocycles. The van der Waals surface area contributed by atoms with Crippen LogP contribution in [-0.4, -0.2) is 63.4 Å². The summed E-state index contributed by atoms with van der Waals surface area (Å²) < 4.78 is 41.7. The number of benzene rings is 2. The second-order valence-electron chi connectivity index (χ2n) is 12.8. The summed E-state index contributed by atoms with van der Waals surface area (Å²) in [6.45, 7) is 9.45. The molecule has 4 N–H and O–H groups in total. The Morgan fingerprint density at radius 3 is 2.28 bits per heavy atom. The van der Waals surface area contributed by atoms with Crippen molar-refractivity contribution in [3.8, 4) is 5.75 Å². The second-order valence-corrected chi connectivity index (χ2v) is 15.1. The van der Waals surface area contributed by atoms with E-state index in [1.54, 1.807) is 13.8 Å². The Balaban J connectivity index is 1.39. The Morgan fingerprint density at radius 1 is 0.907 bits per heavy atom. The van der Waals surface area contributed by atoms with E-state index in [1.165, 1.54) is 22.3 Å². The lowest BCUT2D eigenvalue weighted by molar-refractivity contribution is -0.158. The number of carbonyl (C=O) groups excluding carboxylic acids is 1. The minimum absolute atomic E-state index is 0.0374. The van der Waals surface area contributed by atoms with Crippen molar-refractivity contribution in [2.24, 2.45) is 16.9 Å². The van der Waals surface area contributed by atoms with Crippen molar-refractivity contribution in [3.05, 3.63) is 65.2 Å². The average molecular weight is 615 g/mol. The fourth-order valence-electron chi connectivity index (χ4n) is 5.49. The normalized spacial score (nSPS) is 15.6. The van der Waals surface area contributed by atoms with E-state index in [-0.39, 0.29) is 31.3 Å². The number of allylic oxidation sites excluding steroid dienone is 1. The Kier molecular flexibility index (Phi) is 12.0. The van der Waals surface area contributed by atoms with Crippen LogP contribution in [0.4, 0.5) is 0 Å². The highest BCUT2D eigenvalue weighted by atomic mass is 32.2. The molecule has 3 rings (SSSR count). The molecule has 238 valence electrons. The van der Waals surface area contributed by atoms with E-state index < -0.39 is 32.3 Å². The Hall–Kier alpha value is -2.72. The van der Waals surface area contributed by atoms with Gasteiger partial charge in [-0.2, -0.15) is 0 Å². The van der Waals surface area contributed by atoms with E-state index in [4.69, 9.17) is 25.7 Å². The zero-order valence-electron chi connectivity index (χ0n) is 26.5. The van der Waals surface area contributed by atoms with Gasteiger partial charge in [0, 0.05) is 11.1 Å². The molecule has 0 heterocycles. The summed E-state index contributed by atoms with van der Waals surface area (Å²) in [6.07, 6.45) is 6.30. The number of nitrogens with two attached hydrogens (primary N) is 2. The SMILES string of the molecule is CCC(N)(CC(C)(C)N)C(C)(C)C(=O)OCCS(=O)(=O)CCOCCOc1ccc2c(c1)CCCC(c1ccccc1)=C2. The largest absolute Gasteiger partial charge is 0.491 e. The van der Waals surface area contributed by atoms with Crippen molar-refractivity contribution in [3.63, 3.8) is 0 Å². The summed E-state index contributed by atoms with van der Waals surface area (Å²) in [6, 6.07) is 16.6. The first-order valence-electron chi connectivity index (χ1n) is 15.2. The third-order valence-corrected chi connectivity index (χ3v) is 9.88. The van der Waals surface area contributed by atoms with Crippen LogP contribution in [0.1, 0.15) is 77.0 Å². The first kappa shape index (κ1) is 34.8. The third kappa shape index (κ3) is 10.2. The van der Waals surface area contributed by atoms with E-state index in [0.29, 0.717) is 19.4 Å². The molecule has 1 unspecified atom stereocenters. The highest BCUT2D eigenvalue weighted by Crippen LogP contribution is 2.38. The second kappa shape index (κ2) is 14.8. The van der Waals surface area contributed by atoms with Crippen molar-refractivity contribution in [2.75, 3.05) is 37.9 Å². The van der Waals surface area contributed by atoms with Gasteiger partial charge in [-0.15, -0.1) is 0 Å². The molecule has 43 heavy (non-hydrogen) atoms. The molecule has 2 aromatic rings. The Morgan fingerprint density at radius 2 is 1.60 bits per heavy atom. The molecule has 1 aliphatic rings. The molecule has 0 saturated carbocycles. The highest BCUT2D eigenvalue weighted by molar-refractivity contribution is 7.91. The van der Waals surface area contributed by atoms with Crippen LogP contribution in [0.3, 0.4) is 0 Å². The first-order valence-corrected chi connectivity index (χ1v) is 17.0. The van der Waals surface area contributed by atoms with Gasteiger partial charge in [-0.3, -0.25) is 4.79 Å². The van der Waals surface area contributed by atoms with Crippen LogP contribution in [0.15, 0.2) is 48.5 Å². The quantitative estimate of drug-likeness (QED) is 0.195. The number of esters is 1. The molecule has 9 heteroatoms. The van der Waals surface area contributed by atoms with Crippen molar-refractivity contribution >= 4 is 27.5 Å². The number of fused-ring (bicyclic) bond motifs is 1. The van der Waals surface area contributed by atoms with Gasteiger partial charge in [0.2, 0.25) is 0 Å². The maximum Gasteiger partial charge on any atom is 0.313 e. The smallest absolute Gasteiger partial charge is 0.313 e. The van der Waals surface area contributed by atoms with Gasteiger partial charge in [0.15, 0.2) is 9.84 Å². The van der Waals surface area contributed by atoms with Gasteiger partial charge in [0.25, 0.3) is 0 Å². The Labute approximate surface area is 258 Å². The molecule has 0 spiro atoms. The van der Waals surface area contributed by atoms with E-state index in [0.717, 1.165) is 25.0 Å². The van der Waals surface area contributed by atoms with Crippen LogP contribution < -0.4 is 16.2 Å². The molecule has 8 nitrogen and oxygen atoms in total. The van der Waals surface area contributed by atoms with Gasteiger partial charge in [-0.25, -0.2) is 8.42 Å². The number of sulfone groups is 1. The summed E-state index contributed by atoms with van der Waals surface area (Å²) in [5.41, 5.74) is 15.4. The van der Waals surface area contributed by atoms with E-state index >= 15 is 0 Å². The maximum atomic E-state index is 12.9. The van der Waals surface area contributed by atoms with Crippen molar-refractivity contribution in [2.45, 2.75) is 77.8 Å². The summed E-state index contributed by atoms with van der Waals surface area (Å²) in [5.74, 6) is -0.206. The van der Waals surface area contributed by atoms with Gasteiger partial charge in [0.05, 0.1) is 30.1 Å². The van der Waals surface area contributed by atoms with Gasteiger partial charge in [-0.1, -0.05) is 49.4 Å². The molecule has 0 aromatic heterocycles. The molecule has 0 radical (unpaired) electrons. The van der Waals surface area contributed by atoms with Crippen LogP contribution >= 0.6 is 0 Å². The summed E-state index contributed by atoms with van der Waals surface area (Å²) in [4.78, 5) is 12.9. The molecule has 2 aromatic carbocycles. The Bertz CT molecular complexity index is 1350. The van der Waals surface area contributed by atoms with Crippen molar-refractivity contribution in [1.29, 1.82) is 0 Å². The molecule has 0 aliphatic heterocycles. The lowest BCUT2D eigenvalue weighted by atomic mass is 9.66. The topological polar surface area (TPSA) is 131 Å². The number of carbonyl (C=O) groups is 1. The van der Waals surface area contributed by atoms with Crippen LogP contribution in [-0.2, 0) is 30.5 Å². The third-order valence-electron chi connectivity index (χ3n) is 8.30. The van der Waals surface area contributed by atoms with Gasteiger partial charge >= 0.3 is 5.97 Å². The van der Waals surface area contributed by atoms with Crippen LogP contribution in [0.25, 0.3) is 11.6 Å². The molecule has 0 saturated heterocycles. The number of ether oxygens (including phenoxy) is 3. The van der Waals surface area contributed by atoms with E-state index in [2.05, 4.69) is 42.5 Å². The van der Waals surface area contributed by atoms with Crippen LogP contribution in [0, 0.1) is 5.41 Å². The van der Waals surface area contributed by atoms with Gasteiger partial charge in [-0.05, 0) is 94.2 Å². The van der Waals surface area contributed by atoms with Crippen LogP contribution in [0.2, 0.25) is 0 Å². The molecule has 0 bridgehead atoms. The summed E-state index contributed by atoms with van der Waals surface area (Å²) >= 11 is 0. The first-order chi connectivity index (χ1) is 20.2. The van der Waals surface area contributed by atoms with Crippen molar-refractivity contribution in [1.82, 2.24) is 0 Å². The predicted octanol–water partition coefficient (Wildman–Crippen LogP) is 5.18. The number of rotatable bonds is 16.